The van der Waals surface area contributed by atoms with Gasteiger partial charge in [-0.2, -0.15) is 0 Å². The molecule has 0 aliphatic heterocycles. The van der Waals surface area contributed by atoms with Crippen molar-refractivity contribution in [2.24, 2.45) is 5.92 Å². The normalized spacial score (nSPS) is 13.8. The number of aliphatic hydroxyl groups is 1. The zero-order valence-electron chi connectivity index (χ0n) is 12.0. The molecular formula is C15H20INO4. The molecule has 1 aromatic rings. The van der Waals surface area contributed by atoms with Crippen LogP contribution in [0.25, 0.3) is 0 Å². The maximum Gasteiger partial charge on any atom is 0.326 e. The molecule has 0 aliphatic carbocycles. The molecule has 0 aromatic heterocycles. The van der Waals surface area contributed by atoms with Gasteiger partial charge < -0.3 is 15.5 Å². The van der Waals surface area contributed by atoms with Crippen molar-refractivity contribution < 1.29 is 19.8 Å². The average molecular weight is 405 g/mol. The maximum atomic E-state index is 11.8. The summed E-state index contributed by atoms with van der Waals surface area (Å²) in [5, 5.41) is 21.3. The third kappa shape index (κ3) is 6.43. The van der Waals surface area contributed by atoms with Gasteiger partial charge in [0.2, 0.25) is 5.91 Å². The Bertz CT molecular complexity index is 504. The van der Waals surface area contributed by atoms with Crippen LogP contribution in [0.3, 0.4) is 0 Å². The Hall–Kier alpha value is -1.15. The molecule has 1 rings (SSSR count). The Morgan fingerprint density at radius 1 is 1.33 bits per heavy atom. The number of nitrogens with one attached hydrogen (secondary N) is 1. The van der Waals surface area contributed by atoms with Crippen molar-refractivity contribution in [2.75, 3.05) is 0 Å². The van der Waals surface area contributed by atoms with Gasteiger partial charge in [-0.1, -0.05) is 26.0 Å². The van der Waals surface area contributed by atoms with Gasteiger partial charge in [0.15, 0.2) is 0 Å². The van der Waals surface area contributed by atoms with E-state index in [1.165, 1.54) is 0 Å². The third-order valence-corrected chi connectivity index (χ3v) is 3.61. The zero-order chi connectivity index (χ0) is 16.0. The molecule has 0 radical (unpaired) electrons. The number of benzene rings is 1. The SMILES string of the molecule is CC(C)C[C@H](O)C(=O)N[C@@H](Cc1cccc(I)c1)C(=O)O. The van der Waals surface area contributed by atoms with E-state index < -0.39 is 24.0 Å². The van der Waals surface area contributed by atoms with E-state index >= 15 is 0 Å². The van der Waals surface area contributed by atoms with Gasteiger partial charge in [-0.05, 0) is 52.6 Å². The number of carboxylic acid groups (broad SMARTS) is 1. The van der Waals surface area contributed by atoms with E-state index in [0.29, 0.717) is 6.42 Å². The lowest BCUT2D eigenvalue weighted by Crippen LogP contribution is -2.46. The summed E-state index contributed by atoms with van der Waals surface area (Å²) < 4.78 is 1.00. The van der Waals surface area contributed by atoms with Gasteiger partial charge in [0.05, 0.1) is 0 Å². The van der Waals surface area contributed by atoms with Crippen molar-refractivity contribution in [2.45, 2.75) is 38.8 Å². The van der Waals surface area contributed by atoms with Crippen LogP contribution in [0.5, 0.6) is 0 Å². The molecule has 6 heteroatoms. The number of halogens is 1. The molecule has 21 heavy (non-hydrogen) atoms. The second-order valence-electron chi connectivity index (χ2n) is 5.38. The molecule has 2 atom stereocenters. The summed E-state index contributed by atoms with van der Waals surface area (Å²) in [6, 6.07) is 6.38. The van der Waals surface area contributed by atoms with Crippen molar-refractivity contribution in [1.82, 2.24) is 5.32 Å². The summed E-state index contributed by atoms with van der Waals surface area (Å²) in [5.41, 5.74) is 0.827. The number of carbonyl (C=O) groups is 2. The highest BCUT2D eigenvalue weighted by Gasteiger charge is 2.24. The van der Waals surface area contributed by atoms with Crippen molar-refractivity contribution in [1.29, 1.82) is 0 Å². The zero-order valence-corrected chi connectivity index (χ0v) is 14.2. The lowest BCUT2D eigenvalue weighted by Gasteiger charge is -2.18. The molecule has 1 aromatic carbocycles. The van der Waals surface area contributed by atoms with E-state index in [1.54, 1.807) is 0 Å². The first-order valence-corrected chi connectivity index (χ1v) is 7.83. The highest BCUT2D eigenvalue weighted by atomic mass is 127. The Morgan fingerprint density at radius 3 is 2.52 bits per heavy atom. The topological polar surface area (TPSA) is 86.6 Å². The third-order valence-electron chi connectivity index (χ3n) is 2.94. The van der Waals surface area contributed by atoms with Crippen LogP contribution in [0.4, 0.5) is 0 Å². The number of aliphatic carboxylic acids is 1. The monoisotopic (exact) mass is 405 g/mol. The van der Waals surface area contributed by atoms with Gasteiger partial charge >= 0.3 is 5.97 Å². The predicted molar refractivity (Wildman–Crippen MR) is 87.9 cm³/mol. The molecule has 0 saturated carbocycles. The number of aliphatic hydroxyl groups excluding tert-OH is 1. The summed E-state index contributed by atoms with van der Waals surface area (Å²) in [7, 11) is 0. The van der Waals surface area contributed by atoms with Gasteiger partial charge in [0.1, 0.15) is 12.1 Å². The van der Waals surface area contributed by atoms with Crippen LogP contribution in [0.15, 0.2) is 24.3 Å². The molecule has 3 N–H and O–H groups in total. The first kappa shape index (κ1) is 17.9. The minimum absolute atomic E-state index is 0.157. The summed E-state index contributed by atoms with van der Waals surface area (Å²) in [6.07, 6.45) is -0.684. The van der Waals surface area contributed by atoms with E-state index in [4.69, 9.17) is 0 Å². The minimum Gasteiger partial charge on any atom is -0.480 e. The summed E-state index contributed by atoms with van der Waals surface area (Å²) in [4.78, 5) is 23.1. The fourth-order valence-corrected chi connectivity index (χ4v) is 2.53. The predicted octanol–water partition coefficient (Wildman–Crippen LogP) is 1.81. The number of carboxylic acids is 1. The van der Waals surface area contributed by atoms with Crippen LogP contribution in [0, 0.1) is 9.49 Å². The van der Waals surface area contributed by atoms with Gasteiger partial charge in [0, 0.05) is 9.99 Å². The van der Waals surface area contributed by atoms with Crippen molar-refractivity contribution >= 4 is 34.5 Å². The van der Waals surface area contributed by atoms with Crippen molar-refractivity contribution in [3.63, 3.8) is 0 Å². The van der Waals surface area contributed by atoms with Crippen LogP contribution in [0.2, 0.25) is 0 Å². The Labute approximate surface area is 137 Å². The Morgan fingerprint density at radius 2 is 2.00 bits per heavy atom. The van der Waals surface area contributed by atoms with Crippen LogP contribution >= 0.6 is 22.6 Å². The highest BCUT2D eigenvalue weighted by Crippen LogP contribution is 2.11. The fourth-order valence-electron chi connectivity index (χ4n) is 1.92. The number of hydrogen-bond acceptors (Lipinski definition) is 3. The molecule has 0 fully saturated rings. The number of carbonyl (C=O) groups excluding carboxylic acids is 1. The average Bonchev–Trinajstić information content (AvgIpc) is 2.36. The molecule has 116 valence electrons. The first-order valence-electron chi connectivity index (χ1n) is 6.75. The lowest BCUT2D eigenvalue weighted by molar-refractivity contribution is -0.143. The van der Waals surface area contributed by atoms with Gasteiger partial charge in [-0.25, -0.2) is 4.79 Å². The number of hydrogen-bond donors (Lipinski definition) is 3. The molecule has 0 aliphatic rings. The van der Waals surface area contributed by atoms with E-state index in [1.807, 2.05) is 38.1 Å². The van der Waals surface area contributed by atoms with Crippen molar-refractivity contribution in [3.05, 3.63) is 33.4 Å². The number of amides is 1. The largest absolute Gasteiger partial charge is 0.480 e. The van der Waals surface area contributed by atoms with E-state index in [0.717, 1.165) is 9.13 Å². The number of rotatable bonds is 7. The molecule has 0 heterocycles. The first-order chi connectivity index (χ1) is 9.79. The van der Waals surface area contributed by atoms with Crippen LogP contribution in [-0.2, 0) is 16.0 Å². The molecule has 1 amide bonds. The van der Waals surface area contributed by atoms with Crippen LogP contribution in [-0.4, -0.2) is 34.2 Å². The van der Waals surface area contributed by atoms with Crippen LogP contribution < -0.4 is 5.32 Å². The molecule has 0 bridgehead atoms. The second-order valence-corrected chi connectivity index (χ2v) is 6.62. The molecule has 0 spiro atoms. The smallest absolute Gasteiger partial charge is 0.326 e. The Balaban J connectivity index is 2.70. The lowest BCUT2D eigenvalue weighted by atomic mass is 10.0. The molecule has 0 saturated heterocycles. The molecule has 0 unspecified atom stereocenters. The quantitative estimate of drug-likeness (QED) is 0.604. The van der Waals surface area contributed by atoms with Gasteiger partial charge in [0.25, 0.3) is 0 Å². The van der Waals surface area contributed by atoms with Crippen molar-refractivity contribution in [3.8, 4) is 0 Å². The standard InChI is InChI=1S/C15H20INO4/c1-9(2)6-13(18)14(19)17-12(15(20)21)8-10-4-3-5-11(16)7-10/h3-5,7,9,12-13,18H,6,8H2,1-2H3,(H,17,19)(H,20,21)/t12-,13-/m0/s1. The van der Waals surface area contributed by atoms with Crippen LogP contribution in [0.1, 0.15) is 25.8 Å². The highest BCUT2D eigenvalue weighted by molar-refractivity contribution is 14.1. The van der Waals surface area contributed by atoms with E-state index in [2.05, 4.69) is 27.9 Å². The fraction of sp³-hybridized carbons (Fsp3) is 0.467. The second kappa shape index (κ2) is 8.33. The minimum atomic E-state index is -1.18. The molecule has 5 nitrogen and oxygen atoms in total. The summed E-state index contributed by atoms with van der Waals surface area (Å²) in [5.74, 6) is -1.59. The van der Waals surface area contributed by atoms with Gasteiger partial charge in [-0.15, -0.1) is 0 Å². The Kier molecular flexibility index (Phi) is 7.10. The molecular weight excluding hydrogens is 385 g/mol. The summed E-state index contributed by atoms with van der Waals surface area (Å²) in [6.45, 7) is 3.77. The maximum absolute atomic E-state index is 11.8. The van der Waals surface area contributed by atoms with Gasteiger partial charge in [-0.3, -0.25) is 4.79 Å². The van der Waals surface area contributed by atoms with E-state index in [-0.39, 0.29) is 12.3 Å². The summed E-state index contributed by atoms with van der Waals surface area (Å²) >= 11 is 2.14. The van der Waals surface area contributed by atoms with E-state index in [9.17, 15) is 19.8 Å².